The first-order valence-corrected chi connectivity index (χ1v) is 11.0. The quantitative estimate of drug-likeness (QED) is 0.310. The molecule has 3 heterocycles. The molecule has 14 heteroatoms. The molecule has 1 saturated heterocycles. The van der Waals surface area contributed by atoms with Gasteiger partial charge in [-0.15, -0.1) is 0 Å². The van der Waals surface area contributed by atoms with Crippen LogP contribution in [0.2, 0.25) is 0 Å². The maximum Gasteiger partial charge on any atom is 0.508 e. The molecule has 1 aliphatic rings. The summed E-state index contributed by atoms with van der Waals surface area (Å²) in [7, 11) is 0. The highest BCUT2D eigenvalue weighted by Gasteiger charge is 2.30. The summed E-state index contributed by atoms with van der Waals surface area (Å²) in [4.78, 5) is 35.2. The summed E-state index contributed by atoms with van der Waals surface area (Å²) < 4.78 is 22.4. The highest BCUT2D eigenvalue weighted by molar-refractivity contribution is 5.67. The zero-order chi connectivity index (χ0) is 27.1. The Morgan fingerprint density at radius 3 is 2.42 bits per heavy atom. The zero-order valence-electron chi connectivity index (χ0n) is 20.1. The van der Waals surface area contributed by atoms with Crippen molar-refractivity contribution in [2.45, 2.75) is 57.8 Å². The molecule has 1 fully saturated rings. The van der Waals surface area contributed by atoms with E-state index in [9.17, 15) is 14.4 Å². The molecule has 198 valence electrons. The third kappa shape index (κ3) is 10.5. The zero-order valence-corrected chi connectivity index (χ0v) is 20.1. The second kappa shape index (κ2) is 15.8. The van der Waals surface area contributed by atoms with E-state index < -0.39 is 18.1 Å². The summed E-state index contributed by atoms with van der Waals surface area (Å²) in [5.74, 6) is -1.46. The number of nitriles is 1. The number of fused-ring (bicyclic) bond motifs is 1. The van der Waals surface area contributed by atoms with Crippen LogP contribution in [0.15, 0.2) is 18.5 Å². The molecule has 36 heavy (non-hydrogen) atoms. The van der Waals surface area contributed by atoms with E-state index in [1.807, 2.05) is 12.1 Å². The molecule has 0 amide bonds. The highest BCUT2D eigenvalue weighted by atomic mass is 16.7. The Morgan fingerprint density at radius 1 is 1.19 bits per heavy atom. The Kier molecular flexibility index (Phi) is 13.2. The number of aromatic nitrogens is 3. The van der Waals surface area contributed by atoms with Crippen molar-refractivity contribution in [1.29, 1.82) is 5.26 Å². The SMILES string of the molecule is C#N.CC(C)OC(=O)OCC1CCC(c2ccc3c(N)ncnn23)O1.O=C(O)CCOCCC(=O)O. The van der Waals surface area contributed by atoms with Gasteiger partial charge in [0.1, 0.15) is 24.6 Å². The topological polar surface area (TPSA) is 209 Å². The number of hydrogen-bond acceptors (Lipinski definition) is 11. The molecule has 3 rings (SSSR count). The summed E-state index contributed by atoms with van der Waals surface area (Å²) in [6.07, 6.45) is 1.75. The number of hydrogen-bond donors (Lipinski definition) is 3. The van der Waals surface area contributed by atoms with Crippen LogP contribution in [0.25, 0.3) is 5.52 Å². The van der Waals surface area contributed by atoms with Crippen LogP contribution in [-0.2, 0) is 28.5 Å². The molecule has 2 aromatic heterocycles. The largest absolute Gasteiger partial charge is 0.508 e. The maximum atomic E-state index is 11.4. The van der Waals surface area contributed by atoms with Crippen LogP contribution >= 0.6 is 0 Å². The number of ether oxygens (including phenoxy) is 4. The maximum absolute atomic E-state index is 11.4. The predicted molar refractivity (Wildman–Crippen MR) is 124 cm³/mol. The average molecular weight is 510 g/mol. The lowest BCUT2D eigenvalue weighted by atomic mass is 10.1. The van der Waals surface area contributed by atoms with Crippen molar-refractivity contribution in [2.75, 3.05) is 25.6 Å². The lowest BCUT2D eigenvalue weighted by molar-refractivity contribution is -0.138. The minimum Gasteiger partial charge on any atom is -0.481 e. The van der Waals surface area contributed by atoms with Gasteiger partial charge in [0, 0.05) is 6.57 Å². The van der Waals surface area contributed by atoms with Crippen molar-refractivity contribution in [3.63, 3.8) is 0 Å². The van der Waals surface area contributed by atoms with Crippen LogP contribution in [0.4, 0.5) is 10.6 Å². The standard InChI is InChI=1S/C15H20N4O4.C6H10O5.CHN/c1-9(2)22-15(20)21-7-10-3-6-13(23-10)11-4-5-12-14(16)17-8-18-19(11)12;7-5(8)1-3-11-4-2-6(9)10;1-2/h4-5,8-10,13H,3,6-7H2,1-2H3,(H2,16,17,18);1-4H2,(H,7,8)(H,9,10);1H. The minimum atomic E-state index is -0.944. The number of carbonyl (C=O) groups excluding carboxylic acids is 1. The predicted octanol–water partition coefficient (Wildman–Crippen LogP) is 2.19. The smallest absolute Gasteiger partial charge is 0.481 e. The summed E-state index contributed by atoms with van der Waals surface area (Å²) in [5, 5.41) is 27.0. The van der Waals surface area contributed by atoms with Crippen molar-refractivity contribution < 1.29 is 43.5 Å². The van der Waals surface area contributed by atoms with Crippen LogP contribution in [0.5, 0.6) is 0 Å². The molecule has 2 aromatic rings. The van der Waals surface area contributed by atoms with E-state index in [0.29, 0.717) is 5.82 Å². The van der Waals surface area contributed by atoms with E-state index in [2.05, 4.69) is 16.7 Å². The van der Waals surface area contributed by atoms with Crippen molar-refractivity contribution in [3.05, 3.63) is 24.2 Å². The van der Waals surface area contributed by atoms with Gasteiger partial charge in [0.05, 0.1) is 44.0 Å². The summed E-state index contributed by atoms with van der Waals surface area (Å²) in [6.45, 7) is 7.37. The van der Waals surface area contributed by atoms with E-state index in [1.54, 1.807) is 18.4 Å². The normalized spacial score (nSPS) is 16.4. The van der Waals surface area contributed by atoms with Crippen LogP contribution in [-0.4, -0.2) is 74.9 Å². The van der Waals surface area contributed by atoms with E-state index in [-0.39, 0.29) is 51.0 Å². The second-order valence-electron chi connectivity index (χ2n) is 7.65. The van der Waals surface area contributed by atoms with Gasteiger partial charge < -0.3 is 34.9 Å². The van der Waals surface area contributed by atoms with Crippen molar-refractivity contribution in [2.24, 2.45) is 0 Å². The third-order valence-electron chi connectivity index (χ3n) is 4.59. The average Bonchev–Trinajstić information content (AvgIpc) is 3.46. The van der Waals surface area contributed by atoms with Gasteiger partial charge in [-0.1, -0.05) is 0 Å². The molecule has 0 spiro atoms. The Bertz CT molecular complexity index is 992. The van der Waals surface area contributed by atoms with Crippen LogP contribution in [0.3, 0.4) is 0 Å². The van der Waals surface area contributed by atoms with Gasteiger partial charge in [0.15, 0.2) is 5.82 Å². The molecule has 0 bridgehead atoms. The number of carboxylic acids is 2. The summed E-state index contributed by atoms with van der Waals surface area (Å²) in [6, 6.07) is 3.80. The van der Waals surface area contributed by atoms with E-state index >= 15 is 0 Å². The number of carboxylic acid groups (broad SMARTS) is 2. The number of nitrogen functional groups attached to an aromatic ring is 1. The number of anilines is 1. The number of aliphatic carboxylic acids is 2. The molecule has 4 N–H and O–H groups in total. The molecular weight excluding hydrogens is 478 g/mol. The Balaban J connectivity index is 0.000000423. The van der Waals surface area contributed by atoms with E-state index in [0.717, 1.165) is 24.1 Å². The van der Waals surface area contributed by atoms with Gasteiger partial charge in [-0.25, -0.2) is 19.6 Å². The molecule has 14 nitrogen and oxygen atoms in total. The van der Waals surface area contributed by atoms with Crippen molar-refractivity contribution in [3.8, 4) is 6.57 Å². The first-order chi connectivity index (χ1) is 17.2. The minimum absolute atomic E-state index is 0.0720. The lowest BCUT2D eigenvalue weighted by Crippen LogP contribution is -2.21. The van der Waals surface area contributed by atoms with Gasteiger partial charge in [-0.3, -0.25) is 9.59 Å². The van der Waals surface area contributed by atoms with Gasteiger partial charge in [0.25, 0.3) is 0 Å². The molecule has 1 aliphatic heterocycles. The highest BCUT2D eigenvalue weighted by Crippen LogP contribution is 2.33. The molecule has 0 aromatic carbocycles. The first kappa shape index (κ1) is 30.1. The molecule has 0 saturated carbocycles. The second-order valence-corrected chi connectivity index (χ2v) is 7.65. The number of nitrogens with zero attached hydrogens (tertiary/aromatic N) is 4. The molecule has 2 unspecified atom stereocenters. The van der Waals surface area contributed by atoms with Crippen LogP contribution in [0, 0.1) is 11.8 Å². The van der Waals surface area contributed by atoms with Crippen molar-refractivity contribution in [1.82, 2.24) is 14.6 Å². The van der Waals surface area contributed by atoms with E-state index in [1.165, 1.54) is 6.33 Å². The van der Waals surface area contributed by atoms with Gasteiger partial charge in [-0.2, -0.15) is 5.10 Å². The monoisotopic (exact) mass is 509 g/mol. The van der Waals surface area contributed by atoms with Gasteiger partial charge >= 0.3 is 18.1 Å². The molecule has 2 atom stereocenters. The fraction of sp³-hybridized carbons (Fsp3) is 0.545. The third-order valence-corrected chi connectivity index (χ3v) is 4.59. The van der Waals surface area contributed by atoms with Crippen LogP contribution in [0.1, 0.15) is 51.3 Å². The Hall–Kier alpha value is -3.96. The van der Waals surface area contributed by atoms with E-state index in [4.69, 9.17) is 40.2 Å². The van der Waals surface area contributed by atoms with Gasteiger partial charge in [0.2, 0.25) is 0 Å². The molecule has 0 radical (unpaired) electrons. The number of rotatable bonds is 10. The molecular formula is C22H31N5O9. The summed E-state index contributed by atoms with van der Waals surface area (Å²) in [5.41, 5.74) is 7.51. The Morgan fingerprint density at radius 2 is 1.83 bits per heavy atom. The molecule has 0 aliphatic carbocycles. The fourth-order valence-corrected chi connectivity index (χ4v) is 3.07. The number of carbonyl (C=O) groups is 3. The lowest BCUT2D eigenvalue weighted by Gasteiger charge is -2.14. The van der Waals surface area contributed by atoms with Gasteiger partial charge in [-0.05, 0) is 38.8 Å². The summed E-state index contributed by atoms with van der Waals surface area (Å²) >= 11 is 0. The fourth-order valence-electron chi connectivity index (χ4n) is 3.07. The van der Waals surface area contributed by atoms with Crippen LogP contribution < -0.4 is 5.73 Å². The first-order valence-electron chi connectivity index (χ1n) is 11.0. The number of nitrogens with two attached hydrogens (primary N) is 1. The Labute approximate surface area is 207 Å². The van der Waals surface area contributed by atoms with Crippen molar-refractivity contribution >= 4 is 29.4 Å².